The first kappa shape index (κ1) is 14.6. The lowest BCUT2D eigenvalue weighted by atomic mass is 9.95. The van der Waals surface area contributed by atoms with E-state index in [0.29, 0.717) is 17.3 Å². The average molecular weight is 274 g/mol. The van der Waals surface area contributed by atoms with Crippen molar-refractivity contribution >= 4 is 17.4 Å². The molecule has 0 radical (unpaired) electrons. The van der Waals surface area contributed by atoms with Gasteiger partial charge in [0.2, 0.25) is 5.91 Å². The van der Waals surface area contributed by atoms with E-state index in [1.54, 1.807) is 24.3 Å². The number of carbonyl (C=O) groups excluding carboxylic acids is 2. The third-order valence-corrected chi connectivity index (χ3v) is 3.78. The third kappa shape index (κ3) is 4.37. The number of hydrogen-bond acceptors (Lipinski definition) is 3. The van der Waals surface area contributed by atoms with Crippen molar-refractivity contribution in [3.8, 4) is 0 Å². The molecule has 0 heterocycles. The second kappa shape index (κ2) is 7.08. The molecule has 4 heteroatoms. The van der Waals surface area contributed by atoms with Crippen LogP contribution in [0, 0.1) is 0 Å². The van der Waals surface area contributed by atoms with Crippen molar-refractivity contribution in [2.24, 2.45) is 0 Å². The zero-order chi connectivity index (χ0) is 14.4. The maximum Gasteiger partial charge on any atom is 0.220 e. The second-order valence-corrected chi connectivity index (χ2v) is 5.45. The predicted molar refractivity (Wildman–Crippen MR) is 79.4 cm³/mol. The van der Waals surface area contributed by atoms with Crippen LogP contribution in [0.4, 0.5) is 5.69 Å². The molecule has 0 aromatic heterocycles. The fourth-order valence-corrected chi connectivity index (χ4v) is 2.59. The highest BCUT2D eigenvalue weighted by molar-refractivity contribution is 5.98. The summed E-state index contributed by atoms with van der Waals surface area (Å²) < 4.78 is 0. The van der Waals surface area contributed by atoms with Gasteiger partial charge in [0.25, 0.3) is 0 Å². The Morgan fingerprint density at radius 3 is 2.35 bits per heavy atom. The zero-order valence-electron chi connectivity index (χ0n) is 11.7. The van der Waals surface area contributed by atoms with Crippen LogP contribution < -0.4 is 11.1 Å². The largest absolute Gasteiger partial charge is 0.399 e. The van der Waals surface area contributed by atoms with Gasteiger partial charge in [0, 0.05) is 30.1 Å². The first-order valence-electron chi connectivity index (χ1n) is 7.33. The van der Waals surface area contributed by atoms with Crippen molar-refractivity contribution in [3.05, 3.63) is 29.8 Å². The first-order chi connectivity index (χ1) is 9.65. The van der Waals surface area contributed by atoms with Gasteiger partial charge in [-0.2, -0.15) is 0 Å². The Kier molecular flexibility index (Phi) is 5.16. The van der Waals surface area contributed by atoms with Gasteiger partial charge in [-0.3, -0.25) is 9.59 Å². The summed E-state index contributed by atoms with van der Waals surface area (Å²) in [4.78, 5) is 23.7. The van der Waals surface area contributed by atoms with E-state index < -0.39 is 0 Å². The van der Waals surface area contributed by atoms with E-state index in [1.165, 1.54) is 19.3 Å². The highest BCUT2D eigenvalue weighted by atomic mass is 16.2. The molecule has 0 atom stereocenters. The monoisotopic (exact) mass is 274 g/mol. The minimum Gasteiger partial charge on any atom is -0.399 e. The second-order valence-electron chi connectivity index (χ2n) is 5.45. The van der Waals surface area contributed by atoms with Crippen LogP contribution in [0.5, 0.6) is 0 Å². The van der Waals surface area contributed by atoms with E-state index in [2.05, 4.69) is 5.32 Å². The van der Waals surface area contributed by atoms with Crippen LogP contribution in [0.15, 0.2) is 24.3 Å². The quantitative estimate of drug-likeness (QED) is 0.640. The molecule has 3 N–H and O–H groups in total. The Morgan fingerprint density at radius 1 is 1.05 bits per heavy atom. The fraction of sp³-hybridized carbons (Fsp3) is 0.500. The van der Waals surface area contributed by atoms with Gasteiger partial charge in [0.1, 0.15) is 0 Å². The zero-order valence-corrected chi connectivity index (χ0v) is 11.7. The first-order valence-corrected chi connectivity index (χ1v) is 7.33. The molecule has 0 aliphatic heterocycles. The van der Waals surface area contributed by atoms with Crippen molar-refractivity contribution in [2.75, 3.05) is 5.73 Å². The number of ketones is 1. The van der Waals surface area contributed by atoms with Crippen LogP contribution in [-0.2, 0) is 4.79 Å². The van der Waals surface area contributed by atoms with Crippen LogP contribution in [0.1, 0.15) is 55.3 Å². The molecule has 1 aromatic rings. The Balaban J connectivity index is 1.75. The molecule has 4 nitrogen and oxygen atoms in total. The maximum atomic E-state index is 11.9. The van der Waals surface area contributed by atoms with Gasteiger partial charge in [0.15, 0.2) is 5.78 Å². The minimum atomic E-state index is -0.0132. The van der Waals surface area contributed by atoms with E-state index in [4.69, 9.17) is 5.73 Å². The summed E-state index contributed by atoms with van der Waals surface area (Å²) in [5, 5.41) is 3.02. The summed E-state index contributed by atoms with van der Waals surface area (Å²) in [7, 11) is 0. The fourth-order valence-electron chi connectivity index (χ4n) is 2.59. The Bertz CT molecular complexity index is 462. The summed E-state index contributed by atoms with van der Waals surface area (Å²) >= 11 is 0. The molecule has 0 saturated heterocycles. The smallest absolute Gasteiger partial charge is 0.220 e. The SMILES string of the molecule is Nc1ccc(C(=O)CCC(=O)NC2CCCCC2)cc1. The molecular formula is C16H22N2O2. The van der Waals surface area contributed by atoms with Gasteiger partial charge in [-0.05, 0) is 37.1 Å². The van der Waals surface area contributed by atoms with E-state index in [-0.39, 0.29) is 24.5 Å². The van der Waals surface area contributed by atoms with E-state index in [1.807, 2.05) is 0 Å². The number of amides is 1. The number of rotatable bonds is 5. The van der Waals surface area contributed by atoms with E-state index in [9.17, 15) is 9.59 Å². The average Bonchev–Trinajstić information content (AvgIpc) is 2.46. The van der Waals surface area contributed by atoms with Crippen LogP contribution in [0.25, 0.3) is 0 Å². The molecule has 0 unspecified atom stereocenters. The summed E-state index contributed by atoms with van der Waals surface area (Å²) in [5.41, 5.74) is 6.83. The lowest BCUT2D eigenvalue weighted by molar-refractivity contribution is -0.121. The van der Waals surface area contributed by atoms with Gasteiger partial charge in [-0.25, -0.2) is 0 Å². The number of nitrogens with one attached hydrogen (secondary N) is 1. The van der Waals surface area contributed by atoms with Crippen molar-refractivity contribution in [1.82, 2.24) is 5.32 Å². The Morgan fingerprint density at radius 2 is 1.70 bits per heavy atom. The van der Waals surface area contributed by atoms with Gasteiger partial charge in [-0.15, -0.1) is 0 Å². The number of carbonyl (C=O) groups is 2. The molecule has 1 aromatic carbocycles. The number of hydrogen-bond donors (Lipinski definition) is 2. The number of nitrogens with two attached hydrogens (primary N) is 1. The molecule has 1 fully saturated rings. The summed E-state index contributed by atoms with van der Waals surface area (Å²) in [6.07, 6.45) is 6.30. The van der Waals surface area contributed by atoms with Crippen molar-refractivity contribution in [1.29, 1.82) is 0 Å². The van der Waals surface area contributed by atoms with Gasteiger partial charge in [0.05, 0.1) is 0 Å². The Labute approximate surface area is 119 Å². The standard InChI is InChI=1S/C16H22N2O2/c17-13-8-6-12(7-9-13)15(19)10-11-16(20)18-14-4-2-1-3-5-14/h6-9,14H,1-5,10-11,17H2,(H,18,20). The molecular weight excluding hydrogens is 252 g/mol. The van der Waals surface area contributed by atoms with E-state index in [0.717, 1.165) is 12.8 Å². The van der Waals surface area contributed by atoms with Gasteiger partial charge < -0.3 is 11.1 Å². The predicted octanol–water partition coefficient (Wildman–Crippen LogP) is 2.68. The molecule has 1 aliphatic rings. The van der Waals surface area contributed by atoms with Crippen LogP contribution >= 0.6 is 0 Å². The Hall–Kier alpha value is -1.84. The summed E-state index contributed by atoms with van der Waals surface area (Å²) in [6.45, 7) is 0. The van der Waals surface area contributed by atoms with Crippen LogP contribution in [0.3, 0.4) is 0 Å². The highest BCUT2D eigenvalue weighted by Crippen LogP contribution is 2.17. The van der Waals surface area contributed by atoms with Crippen LogP contribution in [0.2, 0.25) is 0 Å². The number of Topliss-reactive ketones (excluding diaryl/α,β-unsaturated/α-hetero) is 1. The number of anilines is 1. The molecule has 2 rings (SSSR count). The van der Waals surface area contributed by atoms with E-state index >= 15 is 0 Å². The molecule has 0 bridgehead atoms. The lowest BCUT2D eigenvalue weighted by Crippen LogP contribution is -2.36. The molecule has 1 saturated carbocycles. The van der Waals surface area contributed by atoms with Crippen molar-refractivity contribution in [3.63, 3.8) is 0 Å². The third-order valence-electron chi connectivity index (χ3n) is 3.78. The molecule has 0 spiro atoms. The summed E-state index contributed by atoms with van der Waals surface area (Å²) in [5.74, 6) is -0.0236. The lowest BCUT2D eigenvalue weighted by Gasteiger charge is -2.22. The highest BCUT2D eigenvalue weighted by Gasteiger charge is 2.16. The summed E-state index contributed by atoms with van der Waals surface area (Å²) in [6, 6.07) is 7.13. The van der Waals surface area contributed by atoms with Crippen molar-refractivity contribution < 1.29 is 9.59 Å². The minimum absolute atomic E-state index is 0.0104. The molecule has 108 valence electrons. The van der Waals surface area contributed by atoms with Crippen molar-refractivity contribution in [2.45, 2.75) is 51.0 Å². The maximum absolute atomic E-state index is 11.9. The molecule has 20 heavy (non-hydrogen) atoms. The molecule has 1 amide bonds. The topological polar surface area (TPSA) is 72.2 Å². The number of nitrogen functional groups attached to an aromatic ring is 1. The van der Waals surface area contributed by atoms with Gasteiger partial charge in [-0.1, -0.05) is 19.3 Å². The normalized spacial score (nSPS) is 15.8. The number of benzene rings is 1. The van der Waals surface area contributed by atoms with Gasteiger partial charge >= 0.3 is 0 Å². The van der Waals surface area contributed by atoms with Crippen LogP contribution in [-0.4, -0.2) is 17.7 Å². The molecule has 1 aliphatic carbocycles.